The molecule has 0 aromatic carbocycles. The third-order valence-electron chi connectivity index (χ3n) is 5.25. The molecule has 21 heavy (non-hydrogen) atoms. The summed E-state index contributed by atoms with van der Waals surface area (Å²) < 4.78 is 26.9. The lowest BCUT2D eigenvalue weighted by atomic mass is 10.1. The maximum atomic E-state index is 12.6. The Balaban J connectivity index is 1.53. The summed E-state index contributed by atoms with van der Waals surface area (Å²) in [6, 6.07) is 0.622. The van der Waals surface area contributed by atoms with Gasteiger partial charge in [-0.15, -0.1) is 0 Å². The van der Waals surface area contributed by atoms with Crippen molar-refractivity contribution in [3.05, 3.63) is 0 Å². The molecule has 3 aliphatic rings. The van der Waals surface area contributed by atoms with Gasteiger partial charge in [0.25, 0.3) is 0 Å². The molecule has 0 radical (unpaired) electrons. The molecular weight excluding hydrogens is 286 g/mol. The molecule has 0 aromatic heterocycles. The van der Waals surface area contributed by atoms with E-state index in [1.54, 1.807) is 4.31 Å². The number of hydrogen-bond acceptors (Lipinski definition) is 4. The summed E-state index contributed by atoms with van der Waals surface area (Å²) >= 11 is 0. The average molecular weight is 315 g/mol. The third-order valence-corrected chi connectivity index (χ3v) is 7.19. The molecule has 2 atom stereocenters. The van der Waals surface area contributed by atoms with Crippen LogP contribution < -0.4 is 5.32 Å². The molecule has 5 nitrogen and oxygen atoms in total. The van der Waals surface area contributed by atoms with E-state index in [4.69, 9.17) is 0 Å². The van der Waals surface area contributed by atoms with Crippen LogP contribution in [0, 0.1) is 0 Å². The molecule has 2 unspecified atom stereocenters. The van der Waals surface area contributed by atoms with Crippen molar-refractivity contribution in [3.63, 3.8) is 0 Å². The Hall–Kier alpha value is -0.170. The summed E-state index contributed by atoms with van der Waals surface area (Å²) in [4.78, 5) is 2.51. The summed E-state index contributed by atoms with van der Waals surface area (Å²) in [5, 5.41) is 3.36. The highest BCUT2D eigenvalue weighted by molar-refractivity contribution is 7.89. The van der Waals surface area contributed by atoms with Gasteiger partial charge in [-0.05, 0) is 51.7 Å². The van der Waals surface area contributed by atoms with Crippen LogP contribution in [0.2, 0.25) is 0 Å². The number of hydrogen-bond donors (Lipinski definition) is 1. The summed E-state index contributed by atoms with van der Waals surface area (Å²) in [5.74, 6) is 0.291. The zero-order valence-corrected chi connectivity index (χ0v) is 13.8. The van der Waals surface area contributed by atoms with Crippen LogP contribution in [0.3, 0.4) is 0 Å². The Morgan fingerprint density at radius 2 is 1.76 bits per heavy atom. The monoisotopic (exact) mass is 315 g/mol. The van der Waals surface area contributed by atoms with E-state index >= 15 is 0 Å². The van der Waals surface area contributed by atoms with Crippen molar-refractivity contribution in [2.45, 2.75) is 57.0 Å². The van der Waals surface area contributed by atoms with Crippen molar-refractivity contribution in [2.24, 2.45) is 0 Å². The van der Waals surface area contributed by atoms with E-state index in [0.29, 0.717) is 11.8 Å². The second kappa shape index (κ2) is 6.94. The first-order chi connectivity index (χ1) is 10.1. The molecule has 0 spiro atoms. The highest BCUT2D eigenvalue weighted by Gasteiger charge is 2.35. The van der Waals surface area contributed by atoms with Crippen LogP contribution in [-0.4, -0.2) is 68.2 Å². The quantitative estimate of drug-likeness (QED) is 0.841. The van der Waals surface area contributed by atoms with Crippen LogP contribution in [0.15, 0.2) is 0 Å². The van der Waals surface area contributed by atoms with Gasteiger partial charge in [-0.2, -0.15) is 0 Å². The van der Waals surface area contributed by atoms with Gasteiger partial charge in [0.15, 0.2) is 0 Å². The number of sulfonamides is 1. The minimum atomic E-state index is -3.09. The maximum Gasteiger partial charge on any atom is 0.215 e. The van der Waals surface area contributed by atoms with Crippen molar-refractivity contribution < 1.29 is 8.42 Å². The first-order valence-electron chi connectivity index (χ1n) is 8.60. The fourth-order valence-electron chi connectivity index (χ4n) is 3.97. The van der Waals surface area contributed by atoms with E-state index in [1.807, 2.05) is 0 Å². The normalized spacial score (nSPS) is 33.3. The van der Waals surface area contributed by atoms with Gasteiger partial charge >= 0.3 is 0 Å². The molecule has 0 saturated carbocycles. The lowest BCUT2D eigenvalue weighted by Crippen LogP contribution is -2.45. The van der Waals surface area contributed by atoms with Gasteiger partial charge < -0.3 is 5.32 Å². The zero-order chi connectivity index (χ0) is 14.7. The Morgan fingerprint density at radius 1 is 0.952 bits per heavy atom. The fraction of sp³-hybridized carbons (Fsp3) is 1.00. The highest BCUT2D eigenvalue weighted by Crippen LogP contribution is 2.23. The first kappa shape index (κ1) is 15.7. The number of nitrogens with zero attached hydrogens (tertiary/aromatic N) is 2. The molecule has 0 aromatic rings. The molecule has 0 amide bonds. The van der Waals surface area contributed by atoms with Crippen LogP contribution in [0.25, 0.3) is 0 Å². The fourth-order valence-corrected chi connectivity index (χ4v) is 5.76. The Labute approximate surface area is 129 Å². The predicted molar refractivity (Wildman–Crippen MR) is 84.8 cm³/mol. The van der Waals surface area contributed by atoms with Gasteiger partial charge in [-0.3, -0.25) is 4.90 Å². The van der Waals surface area contributed by atoms with E-state index in [1.165, 1.54) is 25.7 Å². The Bertz CT molecular complexity index is 428. The molecular formula is C15H29N3O2S. The Morgan fingerprint density at radius 3 is 2.48 bits per heavy atom. The van der Waals surface area contributed by atoms with Gasteiger partial charge in [-0.1, -0.05) is 12.8 Å². The van der Waals surface area contributed by atoms with Crippen LogP contribution in [0.1, 0.15) is 44.9 Å². The van der Waals surface area contributed by atoms with E-state index in [-0.39, 0.29) is 6.04 Å². The minimum Gasteiger partial charge on any atom is -0.313 e. The van der Waals surface area contributed by atoms with Crippen LogP contribution in [0.4, 0.5) is 0 Å². The predicted octanol–water partition coefficient (Wildman–Crippen LogP) is 1.02. The largest absolute Gasteiger partial charge is 0.313 e. The molecule has 3 fully saturated rings. The standard InChI is InChI=1S/C15H29N3O2S/c19-21(20,13-14-6-2-3-8-16-14)18-11-7-15(12-18)17-9-4-1-5-10-17/h14-16H,1-13H2. The molecule has 3 heterocycles. The average Bonchev–Trinajstić information content (AvgIpc) is 2.99. The van der Waals surface area contributed by atoms with E-state index in [0.717, 1.165) is 52.0 Å². The van der Waals surface area contributed by atoms with Gasteiger partial charge in [0.1, 0.15) is 0 Å². The number of rotatable bonds is 4. The van der Waals surface area contributed by atoms with Crippen molar-refractivity contribution >= 4 is 10.0 Å². The molecule has 3 aliphatic heterocycles. The lowest BCUT2D eigenvalue weighted by molar-refractivity contribution is 0.169. The van der Waals surface area contributed by atoms with E-state index in [2.05, 4.69) is 10.2 Å². The number of piperidine rings is 2. The van der Waals surface area contributed by atoms with E-state index in [9.17, 15) is 8.42 Å². The van der Waals surface area contributed by atoms with Crippen molar-refractivity contribution in [2.75, 3.05) is 38.5 Å². The molecule has 0 aliphatic carbocycles. The van der Waals surface area contributed by atoms with Crippen molar-refractivity contribution in [1.29, 1.82) is 0 Å². The smallest absolute Gasteiger partial charge is 0.215 e. The lowest BCUT2D eigenvalue weighted by Gasteiger charge is -2.32. The second-order valence-corrected chi connectivity index (χ2v) is 8.84. The maximum absolute atomic E-state index is 12.6. The summed E-state index contributed by atoms with van der Waals surface area (Å²) in [5.41, 5.74) is 0. The van der Waals surface area contributed by atoms with Crippen LogP contribution in [-0.2, 0) is 10.0 Å². The Kier molecular flexibility index (Phi) is 5.19. The second-order valence-electron chi connectivity index (χ2n) is 6.82. The van der Waals surface area contributed by atoms with Gasteiger partial charge in [0.2, 0.25) is 10.0 Å². The van der Waals surface area contributed by atoms with Crippen molar-refractivity contribution in [1.82, 2.24) is 14.5 Å². The molecule has 6 heteroatoms. The van der Waals surface area contributed by atoms with Crippen molar-refractivity contribution in [3.8, 4) is 0 Å². The zero-order valence-electron chi connectivity index (χ0n) is 13.0. The summed E-state index contributed by atoms with van der Waals surface area (Å²) in [7, 11) is -3.09. The van der Waals surface area contributed by atoms with Gasteiger partial charge in [0, 0.05) is 25.2 Å². The minimum absolute atomic E-state index is 0.165. The molecule has 122 valence electrons. The third kappa shape index (κ3) is 3.97. The van der Waals surface area contributed by atoms with Gasteiger partial charge in [-0.25, -0.2) is 12.7 Å². The summed E-state index contributed by atoms with van der Waals surface area (Å²) in [6.45, 7) is 4.72. The topological polar surface area (TPSA) is 52.7 Å². The number of nitrogens with one attached hydrogen (secondary N) is 1. The highest BCUT2D eigenvalue weighted by atomic mass is 32.2. The number of likely N-dealkylation sites (tertiary alicyclic amines) is 1. The first-order valence-corrected chi connectivity index (χ1v) is 10.2. The molecule has 3 saturated heterocycles. The van der Waals surface area contributed by atoms with E-state index < -0.39 is 10.0 Å². The van der Waals surface area contributed by atoms with Gasteiger partial charge in [0.05, 0.1) is 5.75 Å². The molecule has 1 N–H and O–H groups in total. The summed E-state index contributed by atoms with van der Waals surface area (Å²) in [6.07, 6.45) is 8.23. The molecule has 3 rings (SSSR count). The SMILES string of the molecule is O=S(=O)(CC1CCCCN1)N1CCC(N2CCCCC2)C1. The molecule has 0 bridgehead atoms. The van der Waals surface area contributed by atoms with Crippen LogP contribution in [0.5, 0.6) is 0 Å². The van der Waals surface area contributed by atoms with Crippen LogP contribution >= 0.6 is 0 Å².